The SMILES string of the molecule is CO[C@@H](C(=O)NS(=O)(=O)c1c(Cl)nc2ccccn12)c1ccccc1. The van der Waals surface area contributed by atoms with Gasteiger partial charge in [-0.1, -0.05) is 48.0 Å². The van der Waals surface area contributed by atoms with Gasteiger partial charge in [0.25, 0.3) is 15.9 Å². The van der Waals surface area contributed by atoms with E-state index in [4.69, 9.17) is 16.3 Å². The molecule has 0 bridgehead atoms. The van der Waals surface area contributed by atoms with Crippen LogP contribution in [0.1, 0.15) is 11.7 Å². The molecule has 0 saturated carbocycles. The van der Waals surface area contributed by atoms with Crippen molar-refractivity contribution in [2.24, 2.45) is 0 Å². The lowest BCUT2D eigenvalue weighted by molar-refractivity contribution is -0.129. The van der Waals surface area contributed by atoms with E-state index in [0.29, 0.717) is 11.2 Å². The number of nitrogens with zero attached hydrogens (tertiary/aromatic N) is 2. The fraction of sp³-hybridized carbons (Fsp3) is 0.125. The van der Waals surface area contributed by atoms with Gasteiger partial charge in [-0.15, -0.1) is 0 Å². The van der Waals surface area contributed by atoms with E-state index in [1.54, 1.807) is 48.5 Å². The average molecular weight is 380 g/mol. The number of sulfonamides is 1. The second kappa shape index (κ2) is 6.83. The molecular weight excluding hydrogens is 366 g/mol. The van der Waals surface area contributed by atoms with E-state index in [1.165, 1.54) is 17.7 Å². The average Bonchev–Trinajstić information content (AvgIpc) is 2.92. The van der Waals surface area contributed by atoms with Crippen molar-refractivity contribution in [2.75, 3.05) is 7.11 Å². The summed E-state index contributed by atoms with van der Waals surface area (Å²) in [6, 6.07) is 13.5. The van der Waals surface area contributed by atoms with E-state index in [0.717, 1.165) is 0 Å². The highest BCUT2D eigenvalue weighted by Gasteiger charge is 2.30. The molecule has 0 aliphatic carbocycles. The molecule has 130 valence electrons. The van der Waals surface area contributed by atoms with Gasteiger partial charge in [0.15, 0.2) is 16.3 Å². The first-order chi connectivity index (χ1) is 11.9. The summed E-state index contributed by atoms with van der Waals surface area (Å²) in [5.74, 6) is -0.823. The van der Waals surface area contributed by atoms with Crippen LogP contribution in [0.25, 0.3) is 5.65 Å². The Hall–Kier alpha value is -2.42. The third-order valence-electron chi connectivity index (χ3n) is 3.51. The molecule has 9 heteroatoms. The van der Waals surface area contributed by atoms with Crippen LogP contribution in [0, 0.1) is 0 Å². The van der Waals surface area contributed by atoms with E-state index in [9.17, 15) is 13.2 Å². The van der Waals surface area contributed by atoms with Gasteiger partial charge in [-0.25, -0.2) is 9.71 Å². The standard InChI is InChI=1S/C16H14ClN3O4S/c1-24-13(11-7-3-2-4-8-11)15(21)19-25(22,23)16-14(17)18-12-9-5-6-10-20(12)16/h2-10,13H,1H3,(H,19,21)/t13-/m1/s1. The Kier molecular flexibility index (Phi) is 4.76. The minimum absolute atomic E-state index is 0.222. The largest absolute Gasteiger partial charge is 0.367 e. The smallest absolute Gasteiger partial charge is 0.283 e. The van der Waals surface area contributed by atoms with Gasteiger partial charge in [0.05, 0.1) is 0 Å². The van der Waals surface area contributed by atoms with Crippen molar-refractivity contribution in [1.29, 1.82) is 0 Å². The predicted octanol–water partition coefficient (Wildman–Crippen LogP) is 2.18. The molecule has 2 heterocycles. The Morgan fingerprint density at radius 2 is 1.88 bits per heavy atom. The number of benzene rings is 1. The fourth-order valence-corrected chi connectivity index (χ4v) is 4.07. The van der Waals surface area contributed by atoms with Crippen molar-refractivity contribution in [3.8, 4) is 0 Å². The number of nitrogens with one attached hydrogen (secondary N) is 1. The molecule has 0 spiro atoms. The fourth-order valence-electron chi connectivity index (χ4n) is 2.44. The number of imidazole rings is 1. The maximum atomic E-state index is 12.7. The van der Waals surface area contributed by atoms with Crippen LogP contribution in [0.5, 0.6) is 0 Å². The highest BCUT2D eigenvalue weighted by atomic mass is 35.5. The first-order valence-corrected chi connectivity index (χ1v) is 9.07. The van der Waals surface area contributed by atoms with Gasteiger partial charge >= 0.3 is 0 Å². The van der Waals surface area contributed by atoms with Crippen LogP contribution >= 0.6 is 11.6 Å². The van der Waals surface area contributed by atoms with Gasteiger partial charge in [-0.05, 0) is 17.7 Å². The molecule has 25 heavy (non-hydrogen) atoms. The third-order valence-corrected chi connectivity index (χ3v) is 5.26. The zero-order valence-corrected chi connectivity index (χ0v) is 14.7. The predicted molar refractivity (Wildman–Crippen MR) is 91.7 cm³/mol. The molecule has 0 radical (unpaired) electrons. The van der Waals surface area contributed by atoms with Crippen molar-refractivity contribution in [3.05, 3.63) is 65.4 Å². The van der Waals surface area contributed by atoms with Crippen molar-refractivity contribution in [3.63, 3.8) is 0 Å². The number of hydrogen-bond acceptors (Lipinski definition) is 5. The summed E-state index contributed by atoms with van der Waals surface area (Å²) in [7, 11) is -2.92. The van der Waals surface area contributed by atoms with Crippen LogP contribution in [-0.2, 0) is 19.6 Å². The normalized spacial score (nSPS) is 12.9. The molecule has 0 saturated heterocycles. The summed E-state index contributed by atoms with van der Waals surface area (Å²) >= 11 is 5.97. The maximum Gasteiger partial charge on any atom is 0.283 e. The quantitative estimate of drug-likeness (QED) is 0.733. The number of aromatic nitrogens is 2. The van der Waals surface area contributed by atoms with Gasteiger partial charge < -0.3 is 4.74 Å². The number of carbonyl (C=O) groups is 1. The number of hydrogen-bond donors (Lipinski definition) is 1. The van der Waals surface area contributed by atoms with Crippen LogP contribution in [-0.4, -0.2) is 30.8 Å². The van der Waals surface area contributed by atoms with E-state index in [-0.39, 0.29) is 10.2 Å². The second-order valence-electron chi connectivity index (χ2n) is 5.13. The minimum Gasteiger partial charge on any atom is -0.367 e. The Morgan fingerprint density at radius 1 is 1.20 bits per heavy atom. The molecule has 1 atom stereocenters. The first kappa shape index (κ1) is 17.4. The van der Waals surface area contributed by atoms with Gasteiger partial charge in [0.1, 0.15) is 5.65 Å². The summed E-state index contributed by atoms with van der Waals surface area (Å²) in [4.78, 5) is 16.4. The molecule has 0 fully saturated rings. The molecule has 7 nitrogen and oxygen atoms in total. The highest BCUT2D eigenvalue weighted by Crippen LogP contribution is 2.23. The van der Waals surface area contributed by atoms with Crippen LogP contribution < -0.4 is 4.72 Å². The van der Waals surface area contributed by atoms with Crippen LogP contribution in [0.4, 0.5) is 0 Å². The van der Waals surface area contributed by atoms with E-state index in [2.05, 4.69) is 4.98 Å². The van der Waals surface area contributed by atoms with E-state index >= 15 is 0 Å². The molecule has 0 aliphatic heterocycles. The van der Waals surface area contributed by atoms with E-state index < -0.39 is 22.0 Å². The Balaban J connectivity index is 1.95. The Bertz CT molecular complexity index is 1020. The van der Waals surface area contributed by atoms with Gasteiger partial charge in [-0.2, -0.15) is 8.42 Å². The summed E-state index contributed by atoms with van der Waals surface area (Å²) in [6.45, 7) is 0. The summed E-state index contributed by atoms with van der Waals surface area (Å²) in [5.41, 5.74) is 0.883. The molecule has 0 aliphatic rings. The zero-order valence-electron chi connectivity index (χ0n) is 13.1. The molecule has 1 N–H and O–H groups in total. The van der Waals surface area contributed by atoms with Gasteiger partial charge in [-0.3, -0.25) is 9.20 Å². The number of carbonyl (C=O) groups excluding carboxylic acids is 1. The van der Waals surface area contributed by atoms with E-state index in [1.807, 2.05) is 4.72 Å². The van der Waals surface area contributed by atoms with Gasteiger partial charge in [0, 0.05) is 13.3 Å². The van der Waals surface area contributed by atoms with Gasteiger partial charge in [0.2, 0.25) is 0 Å². The minimum atomic E-state index is -4.25. The van der Waals surface area contributed by atoms with Crippen molar-refractivity contribution < 1.29 is 17.9 Å². The number of pyridine rings is 1. The zero-order chi connectivity index (χ0) is 18.0. The number of halogens is 1. The lowest BCUT2D eigenvalue weighted by Gasteiger charge is -2.15. The second-order valence-corrected chi connectivity index (χ2v) is 7.09. The number of methoxy groups -OCH3 is 1. The molecule has 3 aromatic rings. The Labute approximate surface area is 149 Å². The molecule has 1 amide bonds. The summed E-state index contributed by atoms with van der Waals surface area (Å²) < 4.78 is 33.8. The topological polar surface area (TPSA) is 89.8 Å². The first-order valence-electron chi connectivity index (χ1n) is 7.21. The third kappa shape index (κ3) is 3.37. The molecule has 0 unspecified atom stereocenters. The number of amides is 1. The highest BCUT2D eigenvalue weighted by molar-refractivity contribution is 7.90. The monoisotopic (exact) mass is 379 g/mol. The van der Waals surface area contributed by atoms with Crippen LogP contribution in [0.15, 0.2) is 59.8 Å². The van der Waals surface area contributed by atoms with Crippen molar-refractivity contribution in [1.82, 2.24) is 14.1 Å². The Morgan fingerprint density at radius 3 is 2.56 bits per heavy atom. The van der Waals surface area contributed by atoms with Crippen LogP contribution in [0.2, 0.25) is 5.15 Å². The molecule has 2 aromatic heterocycles. The number of ether oxygens (including phenoxy) is 1. The lowest BCUT2D eigenvalue weighted by Crippen LogP contribution is -2.36. The number of rotatable bonds is 5. The van der Waals surface area contributed by atoms with Crippen molar-refractivity contribution in [2.45, 2.75) is 11.1 Å². The van der Waals surface area contributed by atoms with Crippen LogP contribution in [0.3, 0.4) is 0 Å². The number of fused-ring (bicyclic) bond motifs is 1. The maximum absolute atomic E-state index is 12.7. The summed E-state index contributed by atoms with van der Waals surface area (Å²) in [5, 5.41) is -0.527. The molecular formula is C16H14ClN3O4S. The lowest BCUT2D eigenvalue weighted by atomic mass is 10.1. The van der Waals surface area contributed by atoms with Crippen molar-refractivity contribution >= 4 is 33.2 Å². The molecule has 3 rings (SSSR count). The summed E-state index contributed by atoms with van der Waals surface area (Å²) in [6.07, 6.45) is 0.423. The molecule has 1 aromatic carbocycles.